The average molecular weight is 295 g/mol. The van der Waals surface area contributed by atoms with Gasteiger partial charge in [0.1, 0.15) is 13.2 Å². The predicted octanol–water partition coefficient (Wildman–Crippen LogP) is 2.16. The summed E-state index contributed by atoms with van der Waals surface area (Å²) >= 11 is 0. The summed E-state index contributed by atoms with van der Waals surface area (Å²) in [5.41, 5.74) is 1.21. The fraction of sp³-hybridized carbons (Fsp3) is 0.625. The van der Waals surface area contributed by atoms with Crippen molar-refractivity contribution in [3.63, 3.8) is 0 Å². The third-order valence-corrected chi connectivity index (χ3v) is 3.41. The summed E-state index contributed by atoms with van der Waals surface area (Å²) in [6.45, 7) is 6.39. The van der Waals surface area contributed by atoms with Crippen LogP contribution in [-0.2, 0) is 9.47 Å². The van der Waals surface area contributed by atoms with E-state index in [0.29, 0.717) is 26.4 Å². The SMILES string of the molecule is COCCOCCCNC(C)c1ccc2c(c1)OCCO2. The van der Waals surface area contributed by atoms with Crippen LogP contribution in [0.25, 0.3) is 0 Å². The number of nitrogens with one attached hydrogen (secondary N) is 1. The quantitative estimate of drug-likeness (QED) is 0.708. The first-order chi connectivity index (χ1) is 10.3. The van der Waals surface area contributed by atoms with Gasteiger partial charge >= 0.3 is 0 Å². The second-order valence-corrected chi connectivity index (χ2v) is 5.04. The van der Waals surface area contributed by atoms with Gasteiger partial charge < -0.3 is 24.3 Å². The first kappa shape index (κ1) is 16.1. The van der Waals surface area contributed by atoms with E-state index in [0.717, 1.165) is 31.1 Å². The third kappa shape index (κ3) is 5.19. The number of rotatable bonds is 9. The van der Waals surface area contributed by atoms with Crippen molar-refractivity contribution in [2.24, 2.45) is 0 Å². The maximum Gasteiger partial charge on any atom is 0.161 e. The van der Waals surface area contributed by atoms with Crippen LogP contribution in [-0.4, -0.2) is 46.7 Å². The lowest BCUT2D eigenvalue weighted by atomic mass is 10.1. The zero-order chi connectivity index (χ0) is 14.9. The topological polar surface area (TPSA) is 49.0 Å². The Kier molecular flexibility index (Phi) is 6.79. The molecular weight excluding hydrogens is 270 g/mol. The Labute approximate surface area is 126 Å². The van der Waals surface area contributed by atoms with Crippen LogP contribution in [0.5, 0.6) is 11.5 Å². The molecule has 0 fully saturated rings. The summed E-state index contributed by atoms with van der Waals surface area (Å²) in [5, 5.41) is 3.49. The lowest BCUT2D eigenvalue weighted by Gasteiger charge is -2.21. The minimum atomic E-state index is 0.278. The zero-order valence-corrected chi connectivity index (χ0v) is 12.9. The van der Waals surface area contributed by atoms with Crippen molar-refractivity contribution in [1.29, 1.82) is 0 Å². The minimum absolute atomic E-state index is 0.278. The van der Waals surface area contributed by atoms with Gasteiger partial charge in [0.05, 0.1) is 13.2 Å². The summed E-state index contributed by atoms with van der Waals surface area (Å²) < 4.78 is 21.5. The van der Waals surface area contributed by atoms with E-state index < -0.39 is 0 Å². The second-order valence-electron chi connectivity index (χ2n) is 5.04. The van der Waals surface area contributed by atoms with Gasteiger partial charge in [0.2, 0.25) is 0 Å². The molecule has 1 heterocycles. The zero-order valence-electron chi connectivity index (χ0n) is 12.9. The van der Waals surface area contributed by atoms with Crippen molar-refractivity contribution < 1.29 is 18.9 Å². The van der Waals surface area contributed by atoms with E-state index in [1.54, 1.807) is 7.11 Å². The van der Waals surface area contributed by atoms with Gasteiger partial charge in [-0.1, -0.05) is 6.07 Å². The van der Waals surface area contributed by atoms with Crippen molar-refractivity contribution in [3.8, 4) is 11.5 Å². The van der Waals surface area contributed by atoms with Gasteiger partial charge in [0, 0.05) is 19.8 Å². The first-order valence-corrected chi connectivity index (χ1v) is 7.51. The molecule has 21 heavy (non-hydrogen) atoms. The number of hydrogen-bond acceptors (Lipinski definition) is 5. The maximum atomic E-state index is 5.61. The number of fused-ring (bicyclic) bond motifs is 1. The van der Waals surface area contributed by atoms with Crippen LogP contribution in [0.15, 0.2) is 18.2 Å². The van der Waals surface area contributed by atoms with Gasteiger partial charge in [-0.2, -0.15) is 0 Å². The standard InChI is InChI=1S/C16H25NO4/c1-13(17-6-3-7-19-9-8-18-2)14-4-5-15-16(12-14)21-11-10-20-15/h4-5,12-13,17H,3,6-11H2,1-2H3. The normalized spacial score (nSPS) is 15.0. The van der Waals surface area contributed by atoms with Crippen LogP contribution >= 0.6 is 0 Å². The Morgan fingerprint density at radius 3 is 2.76 bits per heavy atom. The van der Waals surface area contributed by atoms with E-state index in [1.165, 1.54) is 5.56 Å². The molecule has 5 nitrogen and oxygen atoms in total. The van der Waals surface area contributed by atoms with Crippen LogP contribution in [0.1, 0.15) is 24.9 Å². The third-order valence-electron chi connectivity index (χ3n) is 3.41. The van der Waals surface area contributed by atoms with Crippen LogP contribution < -0.4 is 14.8 Å². The highest BCUT2D eigenvalue weighted by Crippen LogP contribution is 2.32. The van der Waals surface area contributed by atoms with Crippen molar-refractivity contribution in [2.75, 3.05) is 46.7 Å². The molecule has 1 aromatic rings. The van der Waals surface area contributed by atoms with Gasteiger partial charge in [-0.15, -0.1) is 0 Å². The Bertz CT molecular complexity index is 425. The fourth-order valence-corrected chi connectivity index (χ4v) is 2.18. The van der Waals surface area contributed by atoms with Crippen LogP contribution in [0.3, 0.4) is 0 Å². The van der Waals surface area contributed by atoms with E-state index in [9.17, 15) is 0 Å². The molecule has 1 N–H and O–H groups in total. The molecule has 0 aliphatic carbocycles. The fourth-order valence-electron chi connectivity index (χ4n) is 2.18. The van der Waals surface area contributed by atoms with Crippen molar-refractivity contribution in [2.45, 2.75) is 19.4 Å². The molecule has 1 aliphatic heterocycles. The first-order valence-electron chi connectivity index (χ1n) is 7.51. The molecule has 0 amide bonds. The highest BCUT2D eigenvalue weighted by molar-refractivity contribution is 5.44. The molecule has 0 saturated carbocycles. The van der Waals surface area contributed by atoms with E-state index in [-0.39, 0.29) is 6.04 Å². The van der Waals surface area contributed by atoms with Crippen LogP contribution in [0.4, 0.5) is 0 Å². The highest BCUT2D eigenvalue weighted by Gasteiger charge is 2.14. The van der Waals surface area contributed by atoms with Gasteiger partial charge in [-0.05, 0) is 37.6 Å². The maximum absolute atomic E-state index is 5.61. The highest BCUT2D eigenvalue weighted by atomic mass is 16.6. The summed E-state index contributed by atoms with van der Waals surface area (Å²) in [6, 6.07) is 6.40. The van der Waals surface area contributed by atoms with E-state index in [4.69, 9.17) is 18.9 Å². The predicted molar refractivity (Wildman–Crippen MR) is 81.2 cm³/mol. The van der Waals surface area contributed by atoms with Crippen LogP contribution in [0.2, 0.25) is 0 Å². The molecule has 0 bridgehead atoms. The van der Waals surface area contributed by atoms with Crippen molar-refractivity contribution >= 4 is 0 Å². The number of ether oxygens (including phenoxy) is 4. The lowest BCUT2D eigenvalue weighted by Crippen LogP contribution is -2.22. The summed E-state index contributed by atoms with van der Waals surface area (Å²) in [7, 11) is 1.68. The lowest BCUT2D eigenvalue weighted by molar-refractivity contribution is 0.0693. The summed E-state index contributed by atoms with van der Waals surface area (Å²) in [5.74, 6) is 1.68. The summed E-state index contributed by atoms with van der Waals surface area (Å²) in [6.07, 6.45) is 0.985. The molecule has 2 rings (SSSR count). The molecule has 5 heteroatoms. The van der Waals surface area contributed by atoms with E-state index in [1.807, 2.05) is 6.07 Å². The molecule has 118 valence electrons. The number of hydrogen-bond donors (Lipinski definition) is 1. The Hall–Kier alpha value is -1.30. The smallest absolute Gasteiger partial charge is 0.161 e. The molecule has 0 aromatic heterocycles. The molecule has 0 radical (unpaired) electrons. The monoisotopic (exact) mass is 295 g/mol. The minimum Gasteiger partial charge on any atom is -0.486 e. The second kappa shape index (κ2) is 8.87. The molecule has 1 aliphatic rings. The Morgan fingerprint density at radius 1 is 1.14 bits per heavy atom. The molecule has 0 spiro atoms. The number of methoxy groups -OCH3 is 1. The van der Waals surface area contributed by atoms with Gasteiger partial charge in [0.25, 0.3) is 0 Å². The van der Waals surface area contributed by atoms with Gasteiger partial charge in [-0.3, -0.25) is 0 Å². The molecule has 1 atom stereocenters. The van der Waals surface area contributed by atoms with Crippen molar-refractivity contribution in [1.82, 2.24) is 5.32 Å². The molecule has 1 aromatic carbocycles. The van der Waals surface area contributed by atoms with Gasteiger partial charge in [0.15, 0.2) is 11.5 Å². The molecular formula is C16H25NO4. The number of benzene rings is 1. The Balaban J connectivity index is 1.69. The van der Waals surface area contributed by atoms with Crippen molar-refractivity contribution in [3.05, 3.63) is 23.8 Å². The average Bonchev–Trinajstić information content (AvgIpc) is 2.53. The Morgan fingerprint density at radius 2 is 1.95 bits per heavy atom. The summed E-state index contributed by atoms with van der Waals surface area (Å²) in [4.78, 5) is 0. The van der Waals surface area contributed by atoms with E-state index >= 15 is 0 Å². The van der Waals surface area contributed by atoms with E-state index in [2.05, 4.69) is 24.4 Å². The largest absolute Gasteiger partial charge is 0.486 e. The molecule has 1 unspecified atom stereocenters. The molecule has 0 saturated heterocycles. The van der Waals surface area contributed by atoms with Gasteiger partial charge in [-0.25, -0.2) is 0 Å². The van der Waals surface area contributed by atoms with Crippen LogP contribution in [0, 0.1) is 0 Å².